The number of para-hydroxylation sites is 1. The highest BCUT2D eigenvalue weighted by atomic mass is 32.9. The van der Waals surface area contributed by atoms with Crippen molar-refractivity contribution in [3.05, 3.63) is 30.3 Å². The molecule has 0 bridgehead atoms. The lowest BCUT2D eigenvalue weighted by Gasteiger charge is -2.31. The molecule has 2 nitrogen and oxygen atoms in total. The highest BCUT2D eigenvalue weighted by Crippen LogP contribution is 2.92. The summed E-state index contributed by atoms with van der Waals surface area (Å²) < 4.78 is 0. The third-order valence-electron chi connectivity index (χ3n) is 2.40. The molecule has 0 radical (unpaired) electrons. The number of carbonyl (C=O) groups excluding carboxylic acids is 1. The van der Waals surface area contributed by atoms with E-state index in [-0.39, 0.29) is 19.8 Å². The maximum atomic E-state index is 13.0. The minimum Gasteiger partial charge on any atom is -0.371 e. The first-order valence-corrected chi connectivity index (χ1v) is 24.2. The van der Waals surface area contributed by atoms with Gasteiger partial charge < -0.3 is 5.32 Å². The molecule has 1 aromatic carbocycles. The number of benzene rings is 1. The van der Waals surface area contributed by atoms with Gasteiger partial charge in [-0.15, -0.1) is 53.6 Å². The van der Waals surface area contributed by atoms with Crippen LogP contribution in [0.4, 0.5) is 5.69 Å². The van der Waals surface area contributed by atoms with Crippen molar-refractivity contribution in [1.82, 2.24) is 0 Å². The van der Waals surface area contributed by atoms with Gasteiger partial charge >= 0.3 is 0 Å². The Hall–Kier alpha value is 3.42. The predicted molar refractivity (Wildman–Crippen MR) is 133 cm³/mol. The molecule has 0 aliphatic carbocycles. The van der Waals surface area contributed by atoms with Crippen LogP contribution in [0.5, 0.6) is 0 Å². The molecule has 10 atom stereocenters. The van der Waals surface area contributed by atoms with Gasteiger partial charge in [0.25, 0.3) is 0 Å². The van der Waals surface area contributed by atoms with Gasteiger partial charge in [-0.05, 0) is 33.4 Å². The SMILES string of the molecule is O=C(C(Nc1ccccc1)P(P)P(P)P)P(PP)P(P)P. The van der Waals surface area contributed by atoms with E-state index in [1.165, 1.54) is 0 Å². The lowest BCUT2D eigenvalue weighted by atomic mass is 10.3. The molecule has 0 aliphatic rings. The summed E-state index contributed by atoms with van der Waals surface area (Å²) in [5.41, 5.74) is 1.42. The van der Waals surface area contributed by atoms with Gasteiger partial charge in [0.1, 0.15) is 5.78 Å². The molecule has 21 heavy (non-hydrogen) atoms. The highest BCUT2D eigenvalue weighted by molar-refractivity contribution is 8.91. The summed E-state index contributed by atoms with van der Waals surface area (Å²) in [4.78, 5) is 13.0. The third-order valence-corrected chi connectivity index (χ3v) is 39.7. The Bertz CT molecular complexity index is 443. The summed E-state index contributed by atoms with van der Waals surface area (Å²) in [6, 6.07) is 10.0. The van der Waals surface area contributed by atoms with Crippen molar-refractivity contribution in [3.8, 4) is 0 Å². The van der Waals surface area contributed by atoms with Crippen molar-refractivity contribution in [2.45, 2.75) is 5.78 Å². The van der Waals surface area contributed by atoms with Crippen LogP contribution in [0, 0.1) is 0 Å². The number of hydrogen-bond acceptors (Lipinski definition) is 2. The predicted octanol–water partition coefficient (Wildman–Crippen LogP) is 7.04. The van der Waals surface area contributed by atoms with E-state index in [4.69, 9.17) is 0 Å². The topological polar surface area (TPSA) is 29.1 Å². The molecule has 0 aliphatic heterocycles. The normalized spacial score (nSPS) is 16.4. The van der Waals surface area contributed by atoms with Gasteiger partial charge in [-0.3, -0.25) is 4.79 Å². The van der Waals surface area contributed by atoms with Gasteiger partial charge in [0.05, 0.1) is 0 Å². The van der Waals surface area contributed by atoms with Crippen molar-refractivity contribution in [2.75, 3.05) is 5.32 Å². The van der Waals surface area contributed by atoms with E-state index >= 15 is 0 Å². The molecule has 0 saturated heterocycles. The van der Waals surface area contributed by atoms with E-state index in [0.717, 1.165) is 5.69 Å². The number of nitrogens with one attached hydrogen (secondary N) is 1. The number of rotatable bonds is 8. The fourth-order valence-corrected chi connectivity index (χ4v) is 30.3. The largest absolute Gasteiger partial charge is 0.371 e. The molecule has 0 heterocycles. The minimum absolute atomic E-state index is 0.0845. The summed E-state index contributed by atoms with van der Waals surface area (Å²) in [6.45, 7) is -0.660. The Labute approximate surface area is 147 Å². The van der Waals surface area contributed by atoms with Gasteiger partial charge in [0, 0.05) is 13.0 Å². The van der Waals surface area contributed by atoms with E-state index in [9.17, 15) is 4.79 Å². The molecule has 10 unspecified atom stereocenters. The standard InChI is InChI=1S/C8H20NOP11/c10-8(19(17-11)21(15)16)7(18(12)20(13)14)9-6-4-2-1-3-5-6/h1-5,7,9,17H,11-16H2. The first-order chi connectivity index (χ1) is 9.88. The summed E-state index contributed by atoms with van der Waals surface area (Å²) in [6.07, 6.45) is 0. The van der Waals surface area contributed by atoms with Gasteiger partial charge in [-0.2, -0.15) is 0 Å². The van der Waals surface area contributed by atoms with E-state index in [1.54, 1.807) is 0 Å². The number of anilines is 1. The van der Waals surface area contributed by atoms with Crippen LogP contribution in [0.15, 0.2) is 30.3 Å². The van der Waals surface area contributed by atoms with Crippen molar-refractivity contribution < 1.29 is 4.79 Å². The molecule has 0 aromatic heterocycles. The van der Waals surface area contributed by atoms with Crippen LogP contribution in [0.3, 0.4) is 0 Å². The first-order valence-electron chi connectivity index (χ1n) is 5.63. The second-order valence-corrected chi connectivity index (χ2v) is 37.3. The van der Waals surface area contributed by atoms with Gasteiger partial charge in [-0.1, -0.05) is 26.2 Å². The van der Waals surface area contributed by atoms with Crippen molar-refractivity contribution in [1.29, 1.82) is 0 Å². The number of hydrogen-bond donors (Lipinski definition) is 1. The van der Waals surface area contributed by atoms with Crippen LogP contribution in [-0.2, 0) is 4.79 Å². The maximum Gasteiger partial charge on any atom is 0.190 e. The molecule has 1 rings (SSSR count). The second kappa shape index (κ2) is 11.9. The zero-order valence-corrected chi connectivity index (χ0v) is 22.6. The minimum atomic E-state index is -0.597. The zero-order chi connectivity index (χ0) is 16.0. The van der Waals surface area contributed by atoms with Gasteiger partial charge in [0.2, 0.25) is 0 Å². The van der Waals surface area contributed by atoms with Crippen LogP contribution in [-0.4, -0.2) is 11.3 Å². The monoisotopic (exact) mass is 487 g/mol. The average Bonchev–Trinajstić information content (AvgIpc) is 2.45. The number of carbonyl (C=O) groups is 1. The van der Waals surface area contributed by atoms with Crippen LogP contribution < -0.4 is 5.32 Å². The Morgan fingerprint density at radius 2 is 1.62 bits per heavy atom. The Kier molecular flexibility index (Phi) is 12.8. The molecule has 118 valence electrons. The fourth-order valence-electron chi connectivity index (χ4n) is 1.43. The molecule has 1 N–H and O–H groups in total. The summed E-state index contributed by atoms with van der Waals surface area (Å²) in [5, 5.41) is 3.48. The zero-order valence-electron chi connectivity index (χ0n) is 11.1. The average molecular weight is 487 g/mol. The third kappa shape index (κ3) is 7.67. The van der Waals surface area contributed by atoms with E-state index in [0.29, 0.717) is 13.5 Å². The molecular formula is C8H20NOP11. The summed E-state index contributed by atoms with van der Waals surface area (Å²) >= 11 is 0. The molecule has 0 fully saturated rings. The Morgan fingerprint density at radius 1 is 1.05 bits per heavy atom. The lowest BCUT2D eigenvalue weighted by Crippen LogP contribution is -2.23. The van der Waals surface area contributed by atoms with Crippen molar-refractivity contribution in [2.24, 2.45) is 0 Å². The quantitative estimate of drug-likeness (QED) is 0.399. The summed E-state index contributed by atoms with van der Waals surface area (Å²) in [5.74, 6) is -0.0845. The van der Waals surface area contributed by atoms with E-state index in [1.807, 2.05) is 30.3 Å². The molecular weight excluding hydrogens is 467 g/mol. The smallest absolute Gasteiger partial charge is 0.190 e. The molecule has 1 aromatic rings. The first kappa shape index (κ1) is 22.5. The Balaban J connectivity index is 2.99. The highest BCUT2D eigenvalue weighted by Gasteiger charge is 2.33. The van der Waals surface area contributed by atoms with Crippen LogP contribution in [0.1, 0.15) is 0 Å². The molecule has 0 amide bonds. The van der Waals surface area contributed by atoms with Gasteiger partial charge in [-0.25, -0.2) is 0 Å². The van der Waals surface area contributed by atoms with E-state index in [2.05, 4.69) is 58.9 Å². The van der Waals surface area contributed by atoms with Crippen LogP contribution >= 0.6 is 90.1 Å². The van der Waals surface area contributed by atoms with Gasteiger partial charge in [0.15, 0.2) is 5.52 Å². The van der Waals surface area contributed by atoms with Crippen molar-refractivity contribution >= 4 is 101 Å². The maximum absolute atomic E-state index is 13.0. The molecule has 13 heteroatoms. The summed E-state index contributed by atoms with van der Waals surface area (Å²) in [7, 11) is 16.6. The lowest BCUT2D eigenvalue weighted by molar-refractivity contribution is -0.110. The fraction of sp³-hybridized carbons (Fsp3) is 0.125. The van der Waals surface area contributed by atoms with E-state index < -0.39 is 14.6 Å². The Morgan fingerprint density at radius 3 is 2.05 bits per heavy atom. The second-order valence-electron chi connectivity index (χ2n) is 3.83. The van der Waals surface area contributed by atoms with Crippen molar-refractivity contribution in [3.63, 3.8) is 0 Å². The van der Waals surface area contributed by atoms with Crippen LogP contribution in [0.2, 0.25) is 0 Å². The van der Waals surface area contributed by atoms with Crippen LogP contribution in [0.25, 0.3) is 0 Å². The molecule has 0 saturated carbocycles. The molecule has 0 spiro atoms.